The van der Waals surface area contributed by atoms with Gasteiger partial charge in [0.05, 0.1) is 0 Å². The maximum absolute atomic E-state index is 10.5. The van der Waals surface area contributed by atoms with Crippen LogP contribution in [-0.2, 0) is 4.79 Å². The van der Waals surface area contributed by atoms with Gasteiger partial charge in [0.2, 0.25) is 5.91 Å². The van der Waals surface area contributed by atoms with E-state index in [0.717, 1.165) is 25.7 Å². The van der Waals surface area contributed by atoms with E-state index in [0.29, 0.717) is 12.8 Å². The highest BCUT2D eigenvalue weighted by atomic mass is 16.5. The summed E-state index contributed by atoms with van der Waals surface area (Å²) in [6.45, 7) is 0. The Hall–Kier alpha value is -0.610. The Morgan fingerprint density at radius 1 is 0.700 bits per heavy atom. The second kappa shape index (κ2) is 14.8. The zero-order chi connectivity index (χ0) is 15.1. The molecule has 4 nitrogen and oxygen atoms in total. The van der Waals surface area contributed by atoms with Crippen molar-refractivity contribution in [3.8, 4) is 0 Å². The van der Waals surface area contributed by atoms with E-state index in [1.165, 1.54) is 51.4 Å². The summed E-state index contributed by atoms with van der Waals surface area (Å²) in [7, 11) is 0. The van der Waals surface area contributed by atoms with Gasteiger partial charge >= 0.3 is 0 Å². The fraction of sp³-hybridized carbons (Fsp3) is 0.938. The fourth-order valence-corrected chi connectivity index (χ4v) is 2.39. The van der Waals surface area contributed by atoms with Gasteiger partial charge in [-0.15, -0.1) is 0 Å². The summed E-state index contributed by atoms with van der Waals surface area (Å²) in [6.07, 6.45) is 14.2. The molecule has 0 atom stereocenters. The standard InChI is InChI=1S/C16H33NO3/c17-15(18)13-11-9-7-5-3-1-2-4-6-8-10-12-14-16(19)20/h16,19-20H,1-14H2,(H2,17,18). The normalized spacial score (nSPS) is 11.2. The summed E-state index contributed by atoms with van der Waals surface area (Å²) >= 11 is 0. The van der Waals surface area contributed by atoms with E-state index in [-0.39, 0.29) is 5.91 Å². The first-order chi connectivity index (χ1) is 9.63. The monoisotopic (exact) mass is 287 g/mol. The third-order valence-corrected chi connectivity index (χ3v) is 3.64. The van der Waals surface area contributed by atoms with Crippen molar-refractivity contribution in [2.75, 3.05) is 0 Å². The molecule has 120 valence electrons. The smallest absolute Gasteiger partial charge is 0.217 e. The number of primary amides is 1. The number of hydrogen-bond acceptors (Lipinski definition) is 3. The maximum Gasteiger partial charge on any atom is 0.217 e. The number of amides is 1. The molecule has 0 aliphatic heterocycles. The minimum atomic E-state index is -1.13. The Bertz CT molecular complexity index is 220. The molecule has 0 saturated carbocycles. The first-order valence-corrected chi connectivity index (χ1v) is 8.27. The van der Waals surface area contributed by atoms with E-state index in [9.17, 15) is 4.79 Å². The molecule has 0 rings (SSSR count). The Morgan fingerprint density at radius 2 is 1.05 bits per heavy atom. The van der Waals surface area contributed by atoms with Crippen LogP contribution in [0, 0.1) is 0 Å². The van der Waals surface area contributed by atoms with E-state index in [2.05, 4.69) is 0 Å². The summed E-state index contributed by atoms with van der Waals surface area (Å²) in [4.78, 5) is 10.5. The molecule has 0 heterocycles. The van der Waals surface area contributed by atoms with Crippen LogP contribution in [0.4, 0.5) is 0 Å². The average molecular weight is 287 g/mol. The van der Waals surface area contributed by atoms with Crippen LogP contribution in [0.15, 0.2) is 0 Å². The van der Waals surface area contributed by atoms with Crippen molar-refractivity contribution in [3.05, 3.63) is 0 Å². The highest BCUT2D eigenvalue weighted by molar-refractivity contribution is 5.73. The second-order valence-corrected chi connectivity index (χ2v) is 5.73. The van der Waals surface area contributed by atoms with Gasteiger partial charge in [0, 0.05) is 6.42 Å². The van der Waals surface area contributed by atoms with E-state index >= 15 is 0 Å². The van der Waals surface area contributed by atoms with Crippen molar-refractivity contribution >= 4 is 5.91 Å². The molecular weight excluding hydrogens is 254 g/mol. The van der Waals surface area contributed by atoms with Crippen LogP contribution in [-0.4, -0.2) is 22.4 Å². The molecule has 0 aromatic carbocycles. The van der Waals surface area contributed by atoms with Crippen molar-refractivity contribution in [1.82, 2.24) is 0 Å². The molecule has 0 fully saturated rings. The predicted molar refractivity (Wildman–Crippen MR) is 82.1 cm³/mol. The minimum absolute atomic E-state index is 0.182. The predicted octanol–water partition coefficient (Wildman–Crippen LogP) is 3.24. The molecule has 1 amide bonds. The molecule has 0 bridgehead atoms. The first-order valence-electron chi connectivity index (χ1n) is 8.27. The van der Waals surface area contributed by atoms with Crippen LogP contribution in [0.25, 0.3) is 0 Å². The summed E-state index contributed by atoms with van der Waals surface area (Å²) in [5, 5.41) is 17.4. The number of carbonyl (C=O) groups excluding carboxylic acids is 1. The lowest BCUT2D eigenvalue weighted by atomic mass is 10.0. The lowest BCUT2D eigenvalue weighted by Crippen LogP contribution is -2.09. The fourth-order valence-electron chi connectivity index (χ4n) is 2.39. The number of hydrogen-bond donors (Lipinski definition) is 3. The third-order valence-electron chi connectivity index (χ3n) is 3.64. The first kappa shape index (κ1) is 19.4. The van der Waals surface area contributed by atoms with Crippen LogP contribution in [0.1, 0.15) is 89.9 Å². The molecule has 0 aliphatic carbocycles. The van der Waals surface area contributed by atoms with Crippen molar-refractivity contribution in [2.45, 2.75) is 96.2 Å². The molecule has 0 aromatic heterocycles. The third kappa shape index (κ3) is 17.4. The van der Waals surface area contributed by atoms with Crippen LogP contribution in [0.3, 0.4) is 0 Å². The van der Waals surface area contributed by atoms with Gasteiger partial charge in [-0.3, -0.25) is 4.79 Å². The number of unbranched alkanes of at least 4 members (excludes halogenated alkanes) is 11. The van der Waals surface area contributed by atoms with E-state index < -0.39 is 6.29 Å². The van der Waals surface area contributed by atoms with Gasteiger partial charge < -0.3 is 15.9 Å². The zero-order valence-electron chi connectivity index (χ0n) is 12.9. The minimum Gasteiger partial charge on any atom is -0.370 e. The highest BCUT2D eigenvalue weighted by Crippen LogP contribution is 2.13. The highest BCUT2D eigenvalue weighted by Gasteiger charge is 1.97. The average Bonchev–Trinajstić information content (AvgIpc) is 2.38. The van der Waals surface area contributed by atoms with Gasteiger partial charge in [0.15, 0.2) is 6.29 Å². The Balaban J connectivity index is 2.97. The molecule has 0 spiro atoms. The van der Waals surface area contributed by atoms with Crippen molar-refractivity contribution < 1.29 is 15.0 Å². The van der Waals surface area contributed by atoms with Gasteiger partial charge in [-0.25, -0.2) is 0 Å². The molecule has 0 aliphatic rings. The quantitative estimate of drug-likeness (QED) is 0.319. The molecule has 0 unspecified atom stereocenters. The number of rotatable bonds is 15. The number of aliphatic hydroxyl groups excluding tert-OH is 1. The second-order valence-electron chi connectivity index (χ2n) is 5.73. The summed E-state index contributed by atoms with van der Waals surface area (Å²) < 4.78 is 0. The van der Waals surface area contributed by atoms with Crippen LogP contribution in [0.2, 0.25) is 0 Å². The molecule has 4 N–H and O–H groups in total. The molecular formula is C16H33NO3. The largest absolute Gasteiger partial charge is 0.370 e. The Kier molecular flexibility index (Phi) is 14.3. The molecule has 0 radical (unpaired) electrons. The Labute approximate surface area is 123 Å². The van der Waals surface area contributed by atoms with E-state index in [1.54, 1.807) is 0 Å². The maximum atomic E-state index is 10.5. The van der Waals surface area contributed by atoms with Crippen molar-refractivity contribution in [1.29, 1.82) is 0 Å². The molecule has 4 heteroatoms. The zero-order valence-corrected chi connectivity index (χ0v) is 12.9. The summed E-state index contributed by atoms with van der Waals surface area (Å²) in [6, 6.07) is 0. The van der Waals surface area contributed by atoms with Gasteiger partial charge in [0.1, 0.15) is 0 Å². The summed E-state index contributed by atoms with van der Waals surface area (Å²) in [5.41, 5.74) is 5.08. The van der Waals surface area contributed by atoms with Crippen LogP contribution in [0.5, 0.6) is 0 Å². The van der Waals surface area contributed by atoms with Gasteiger partial charge in [0.25, 0.3) is 0 Å². The molecule has 0 saturated heterocycles. The Morgan fingerprint density at radius 3 is 1.40 bits per heavy atom. The van der Waals surface area contributed by atoms with Crippen LogP contribution < -0.4 is 5.73 Å². The van der Waals surface area contributed by atoms with Gasteiger partial charge in [-0.1, -0.05) is 64.2 Å². The number of carbonyl (C=O) groups is 1. The van der Waals surface area contributed by atoms with Crippen molar-refractivity contribution in [2.24, 2.45) is 5.73 Å². The lowest BCUT2D eigenvalue weighted by Gasteiger charge is -2.04. The topological polar surface area (TPSA) is 83.6 Å². The summed E-state index contributed by atoms with van der Waals surface area (Å²) in [5.74, 6) is -0.182. The molecule has 0 aromatic rings. The SMILES string of the molecule is NC(=O)CCCCCCCCCCCCCCC(O)O. The molecule has 20 heavy (non-hydrogen) atoms. The van der Waals surface area contributed by atoms with E-state index in [1.807, 2.05) is 0 Å². The van der Waals surface area contributed by atoms with Gasteiger partial charge in [-0.05, 0) is 19.3 Å². The van der Waals surface area contributed by atoms with E-state index in [4.69, 9.17) is 15.9 Å². The number of aliphatic hydroxyl groups is 2. The van der Waals surface area contributed by atoms with Crippen molar-refractivity contribution in [3.63, 3.8) is 0 Å². The lowest BCUT2D eigenvalue weighted by molar-refractivity contribution is -0.118. The van der Waals surface area contributed by atoms with Gasteiger partial charge in [-0.2, -0.15) is 0 Å². The van der Waals surface area contributed by atoms with Crippen LogP contribution >= 0.6 is 0 Å². The number of nitrogens with two attached hydrogens (primary N) is 1.